The Hall–Kier alpha value is -2.33. The van der Waals surface area contributed by atoms with Crippen LogP contribution in [0.5, 0.6) is 0 Å². The number of benzene rings is 2. The van der Waals surface area contributed by atoms with Crippen LogP contribution in [-0.2, 0) is 6.42 Å². The Balaban J connectivity index is 1.43. The van der Waals surface area contributed by atoms with Gasteiger partial charge in [-0.2, -0.15) is 0 Å². The van der Waals surface area contributed by atoms with E-state index in [1.54, 1.807) is 0 Å². The average molecular weight is 364 g/mol. The van der Waals surface area contributed by atoms with Crippen LogP contribution in [0.3, 0.4) is 0 Å². The molecule has 0 radical (unpaired) electrons. The number of fused-ring (bicyclic) bond motifs is 1. The van der Waals surface area contributed by atoms with Gasteiger partial charge in [0.2, 0.25) is 0 Å². The maximum absolute atomic E-state index is 12.9. The third-order valence-electron chi connectivity index (χ3n) is 5.83. The van der Waals surface area contributed by atoms with Crippen molar-refractivity contribution in [2.75, 3.05) is 37.6 Å². The number of hydrogen-bond acceptors (Lipinski definition) is 3. The van der Waals surface area contributed by atoms with Crippen molar-refractivity contribution in [3.8, 4) is 0 Å². The zero-order valence-electron chi connectivity index (χ0n) is 16.6. The van der Waals surface area contributed by atoms with Gasteiger partial charge in [-0.15, -0.1) is 0 Å². The molecule has 0 aromatic heterocycles. The van der Waals surface area contributed by atoms with E-state index in [0.717, 1.165) is 50.4 Å². The summed E-state index contributed by atoms with van der Waals surface area (Å²) < 4.78 is 0. The highest BCUT2D eigenvalue weighted by atomic mass is 16.2. The van der Waals surface area contributed by atoms with Crippen molar-refractivity contribution in [1.82, 2.24) is 9.80 Å². The molecule has 0 N–H and O–H groups in total. The van der Waals surface area contributed by atoms with Crippen LogP contribution < -0.4 is 4.90 Å². The van der Waals surface area contributed by atoms with Crippen molar-refractivity contribution in [1.29, 1.82) is 0 Å². The van der Waals surface area contributed by atoms with Crippen molar-refractivity contribution < 1.29 is 4.79 Å². The smallest absolute Gasteiger partial charge is 0.253 e. The van der Waals surface area contributed by atoms with E-state index in [0.29, 0.717) is 0 Å². The number of rotatable bonds is 2. The van der Waals surface area contributed by atoms with Crippen molar-refractivity contribution in [3.63, 3.8) is 0 Å². The van der Waals surface area contributed by atoms with Gasteiger partial charge in [0.05, 0.1) is 0 Å². The third kappa shape index (κ3) is 3.59. The van der Waals surface area contributed by atoms with Gasteiger partial charge in [-0.1, -0.05) is 18.2 Å². The van der Waals surface area contributed by atoms with E-state index in [1.165, 1.54) is 11.3 Å². The number of anilines is 2. The molecular weight excluding hydrogens is 334 g/mol. The maximum Gasteiger partial charge on any atom is 0.253 e. The van der Waals surface area contributed by atoms with Crippen LogP contribution in [0, 0.1) is 0 Å². The zero-order valence-corrected chi connectivity index (χ0v) is 16.6. The molecule has 0 bridgehead atoms. The largest absolute Gasteiger partial charge is 0.341 e. The van der Waals surface area contributed by atoms with Gasteiger partial charge in [0, 0.05) is 55.2 Å². The number of amides is 1. The molecule has 1 amide bonds. The highest BCUT2D eigenvalue weighted by molar-refractivity contribution is 5.94. The summed E-state index contributed by atoms with van der Waals surface area (Å²) in [5.41, 5.74) is 4.80. The van der Waals surface area contributed by atoms with Crippen LogP contribution in [0.1, 0.15) is 36.7 Å². The summed E-state index contributed by atoms with van der Waals surface area (Å²) in [5, 5.41) is 0. The van der Waals surface area contributed by atoms with Crippen LogP contribution >= 0.6 is 0 Å². The van der Waals surface area contributed by atoms with E-state index >= 15 is 0 Å². The monoisotopic (exact) mass is 363 g/mol. The Labute approximate surface area is 162 Å². The number of carbonyl (C=O) groups excluding carboxylic acids is 1. The molecule has 0 spiro atoms. The predicted octanol–water partition coefficient (Wildman–Crippen LogP) is 3.94. The highest BCUT2D eigenvalue weighted by Crippen LogP contribution is 2.34. The fraction of sp³-hybridized carbons (Fsp3) is 0.435. The first-order chi connectivity index (χ1) is 12.9. The Kier molecular flexibility index (Phi) is 4.68. The van der Waals surface area contributed by atoms with E-state index in [1.807, 2.05) is 17.0 Å². The Morgan fingerprint density at radius 3 is 2.19 bits per heavy atom. The van der Waals surface area contributed by atoms with Crippen molar-refractivity contribution in [3.05, 3.63) is 59.7 Å². The summed E-state index contributed by atoms with van der Waals surface area (Å²) in [6.07, 6.45) is 1.08. The number of piperazine rings is 1. The van der Waals surface area contributed by atoms with Gasteiger partial charge < -0.3 is 9.80 Å². The van der Waals surface area contributed by atoms with E-state index in [9.17, 15) is 4.79 Å². The molecule has 0 atom stereocenters. The molecule has 0 aliphatic carbocycles. The standard InChI is InChI=1S/C23H29N3O/c1-23(2,3)25-16-14-24(15-17-25)22(27)19-8-10-20(11-9-19)26-13-12-18-6-4-5-7-21(18)26/h4-11H,12-17H2,1-3H3. The van der Waals surface area contributed by atoms with Gasteiger partial charge in [0.15, 0.2) is 0 Å². The minimum atomic E-state index is 0.150. The summed E-state index contributed by atoms with van der Waals surface area (Å²) in [7, 11) is 0. The Bertz CT molecular complexity index is 814. The Morgan fingerprint density at radius 2 is 1.52 bits per heavy atom. The second-order valence-electron chi connectivity index (χ2n) is 8.53. The van der Waals surface area contributed by atoms with E-state index in [2.05, 4.69) is 67.0 Å². The predicted molar refractivity (Wildman–Crippen MR) is 111 cm³/mol. The number of carbonyl (C=O) groups is 1. The molecule has 2 aromatic rings. The SMILES string of the molecule is CC(C)(C)N1CCN(C(=O)c2ccc(N3CCc4ccccc43)cc2)CC1. The first-order valence-electron chi connectivity index (χ1n) is 9.93. The molecule has 0 unspecified atom stereocenters. The topological polar surface area (TPSA) is 26.8 Å². The molecule has 142 valence electrons. The van der Waals surface area contributed by atoms with Gasteiger partial charge in [-0.3, -0.25) is 9.69 Å². The minimum Gasteiger partial charge on any atom is -0.341 e. The zero-order chi connectivity index (χ0) is 19.0. The van der Waals surface area contributed by atoms with Gasteiger partial charge in [0.25, 0.3) is 5.91 Å². The minimum absolute atomic E-state index is 0.150. The van der Waals surface area contributed by atoms with Crippen molar-refractivity contribution in [2.45, 2.75) is 32.7 Å². The van der Waals surface area contributed by atoms with Gasteiger partial charge in [-0.05, 0) is 63.1 Å². The summed E-state index contributed by atoms with van der Waals surface area (Å²) in [6.45, 7) is 11.2. The van der Waals surface area contributed by atoms with Gasteiger partial charge in [-0.25, -0.2) is 0 Å². The molecule has 1 fully saturated rings. The normalized spacial score (nSPS) is 17.9. The molecule has 4 heteroatoms. The fourth-order valence-corrected chi connectivity index (χ4v) is 4.15. The van der Waals surface area contributed by atoms with Crippen LogP contribution in [0.25, 0.3) is 0 Å². The summed E-state index contributed by atoms with van der Waals surface area (Å²) >= 11 is 0. The molecule has 2 heterocycles. The molecule has 2 aromatic carbocycles. The number of nitrogens with zero attached hydrogens (tertiary/aromatic N) is 3. The molecule has 1 saturated heterocycles. The summed E-state index contributed by atoms with van der Waals surface area (Å²) in [6, 6.07) is 16.7. The van der Waals surface area contributed by atoms with Crippen molar-refractivity contribution >= 4 is 17.3 Å². The second-order valence-corrected chi connectivity index (χ2v) is 8.53. The molecular formula is C23H29N3O. The van der Waals surface area contributed by atoms with E-state index in [4.69, 9.17) is 0 Å². The summed E-state index contributed by atoms with van der Waals surface area (Å²) in [4.78, 5) is 19.7. The lowest BCUT2D eigenvalue weighted by atomic mass is 10.0. The quantitative estimate of drug-likeness (QED) is 0.809. The molecule has 4 nitrogen and oxygen atoms in total. The molecule has 2 aliphatic rings. The lowest BCUT2D eigenvalue weighted by Crippen LogP contribution is -2.54. The Morgan fingerprint density at radius 1 is 0.852 bits per heavy atom. The number of para-hydroxylation sites is 1. The van der Waals surface area contributed by atoms with Crippen LogP contribution in [0.15, 0.2) is 48.5 Å². The van der Waals surface area contributed by atoms with Gasteiger partial charge in [0.1, 0.15) is 0 Å². The average Bonchev–Trinajstić information content (AvgIpc) is 3.11. The fourth-order valence-electron chi connectivity index (χ4n) is 4.15. The second kappa shape index (κ2) is 7.01. The lowest BCUT2D eigenvalue weighted by Gasteiger charge is -2.42. The molecule has 2 aliphatic heterocycles. The lowest BCUT2D eigenvalue weighted by molar-refractivity contribution is 0.0451. The van der Waals surface area contributed by atoms with Crippen LogP contribution in [0.2, 0.25) is 0 Å². The van der Waals surface area contributed by atoms with E-state index in [-0.39, 0.29) is 11.4 Å². The summed E-state index contributed by atoms with van der Waals surface area (Å²) in [5.74, 6) is 0.150. The molecule has 27 heavy (non-hydrogen) atoms. The van der Waals surface area contributed by atoms with Gasteiger partial charge >= 0.3 is 0 Å². The van der Waals surface area contributed by atoms with Crippen LogP contribution in [-0.4, -0.2) is 54.0 Å². The maximum atomic E-state index is 12.9. The molecule has 4 rings (SSSR count). The van der Waals surface area contributed by atoms with Crippen LogP contribution in [0.4, 0.5) is 11.4 Å². The van der Waals surface area contributed by atoms with E-state index < -0.39 is 0 Å². The molecule has 0 saturated carbocycles. The number of hydrogen-bond donors (Lipinski definition) is 0. The van der Waals surface area contributed by atoms with Crippen molar-refractivity contribution in [2.24, 2.45) is 0 Å². The third-order valence-corrected chi connectivity index (χ3v) is 5.83. The first-order valence-corrected chi connectivity index (χ1v) is 9.93. The highest BCUT2D eigenvalue weighted by Gasteiger charge is 2.28. The first kappa shape index (κ1) is 18.1.